The van der Waals surface area contributed by atoms with Gasteiger partial charge in [-0.05, 0) is 23.8 Å². The molecular weight excluding hydrogens is 449 g/mol. The van der Waals surface area contributed by atoms with Crippen molar-refractivity contribution in [2.24, 2.45) is 0 Å². The number of hydrogen-bond donors (Lipinski definition) is 2. The number of hydrogen-bond acceptors (Lipinski definition) is 7. The highest BCUT2D eigenvalue weighted by atomic mass is 32.2. The molecule has 1 aliphatic rings. The second-order valence-electron chi connectivity index (χ2n) is 7.31. The van der Waals surface area contributed by atoms with Crippen molar-refractivity contribution < 1.29 is 23.4 Å². The fourth-order valence-electron chi connectivity index (χ4n) is 3.79. The second kappa shape index (κ2) is 9.53. The summed E-state index contributed by atoms with van der Waals surface area (Å²) in [5.41, 5.74) is 1.31. The number of methoxy groups -OCH3 is 3. The molecule has 0 radical (unpaired) electrons. The molecular formula is C23H22FN3O5S. The summed E-state index contributed by atoms with van der Waals surface area (Å²) in [6, 6.07) is 9.56. The number of nitrogens with zero attached hydrogens (tertiary/aromatic N) is 1. The summed E-state index contributed by atoms with van der Waals surface area (Å²) in [7, 11) is 4.52. The van der Waals surface area contributed by atoms with E-state index in [9.17, 15) is 14.0 Å². The number of thioether (sulfide) groups is 1. The topological polar surface area (TPSA) is 103 Å². The van der Waals surface area contributed by atoms with Gasteiger partial charge in [-0.3, -0.25) is 9.59 Å². The van der Waals surface area contributed by atoms with Crippen LogP contribution in [0.25, 0.3) is 0 Å². The third-order valence-corrected chi connectivity index (χ3v) is 6.25. The molecule has 3 aromatic rings. The molecule has 2 N–H and O–H groups in total. The molecule has 0 spiro atoms. The summed E-state index contributed by atoms with van der Waals surface area (Å²) in [5, 5.41) is 3.02. The minimum Gasteiger partial charge on any atom is -0.496 e. The van der Waals surface area contributed by atoms with Crippen molar-refractivity contribution in [3.8, 4) is 17.2 Å². The number of fused-ring (bicyclic) bond motifs is 1. The van der Waals surface area contributed by atoms with Gasteiger partial charge in [-0.15, -0.1) is 0 Å². The molecule has 1 aromatic heterocycles. The van der Waals surface area contributed by atoms with Gasteiger partial charge in [0.2, 0.25) is 5.91 Å². The highest BCUT2D eigenvalue weighted by Crippen LogP contribution is 2.43. The molecule has 1 atom stereocenters. The van der Waals surface area contributed by atoms with Gasteiger partial charge in [-0.1, -0.05) is 23.9 Å². The Kier molecular flexibility index (Phi) is 6.55. The van der Waals surface area contributed by atoms with Crippen LogP contribution in [0.15, 0.2) is 46.3 Å². The summed E-state index contributed by atoms with van der Waals surface area (Å²) in [6.07, 6.45) is 0.0411. The van der Waals surface area contributed by atoms with E-state index in [0.717, 1.165) is 5.56 Å². The standard InChI is InChI=1S/C23H22FN3O5S/c1-30-16-10-18(32-3)17(31-2)8-14(16)15-9-19(28)25-21-20(15)22(29)27-23(26-21)33-11-12-5-4-6-13(24)7-12/h4-8,10,15H,9,11H2,1-3H3,(H2,25,26,27,28,29)/t15-/m0/s1. The van der Waals surface area contributed by atoms with Crippen molar-refractivity contribution >= 4 is 23.5 Å². The van der Waals surface area contributed by atoms with E-state index in [1.54, 1.807) is 24.3 Å². The molecule has 4 rings (SSSR count). The highest BCUT2D eigenvalue weighted by molar-refractivity contribution is 7.98. The molecule has 0 fully saturated rings. The number of halogens is 1. The van der Waals surface area contributed by atoms with Gasteiger partial charge in [-0.2, -0.15) is 0 Å². The van der Waals surface area contributed by atoms with Crippen molar-refractivity contribution in [3.63, 3.8) is 0 Å². The predicted molar refractivity (Wildman–Crippen MR) is 122 cm³/mol. The van der Waals surface area contributed by atoms with Crippen LogP contribution in [0.1, 0.15) is 29.0 Å². The number of rotatable bonds is 7. The van der Waals surface area contributed by atoms with Crippen LogP contribution in [0.3, 0.4) is 0 Å². The van der Waals surface area contributed by atoms with E-state index >= 15 is 0 Å². The van der Waals surface area contributed by atoms with Gasteiger partial charge in [0.1, 0.15) is 17.4 Å². The van der Waals surface area contributed by atoms with Crippen molar-refractivity contribution in [3.05, 3.63) is 69.3 Å². The Morgan fingerprint density at radius 1 is 1.06 bits per heavy atom. The van der Waals surface area contributed by atoms with Gasteiger partial charge in [0.25, 0.3) is 5.56 Å². The number of benzene rings is 2. The largest absolute Gasteiger partial charge is 0.496 e. The number of nitrogens with one attached hydrogen (secondary N) is 2. The van der Waals surface area contributed by atoms with Crippen molar-refractivity contribution in [2.45, 2.75) is 23.2 Å². The quantitative estimate of drug-likeness (QED) is 0.400. The first-order valence-corrected chi connectivity index (χ1v) is 11.0. The van der Waals surface area contributed by atoms with E-state index < -0.39 is 5.92 Å². The summed E-state index contributed by atoms with van der Waals surface area (Å²) in [4.78, 5) is 32.9. The minimum absolute atomic E-state index is 0.0411. The Morgan fingerprint density at radius 2 is 1.79 bits per heavy atom. The Labute approximate surface area is 193 Å². The first-order valence-electron chi connectivity index (χ1n) is 10.0. The van der Waals surface area contributed by atoms with Crippen molar-refractivity contribution in [2.75, 3.05) is 26.6 Å². The molecule has 1 aliphatic heterocycles. The average molecular weight is 472 g/mol. The lowest BCUT2D eigenvalue weighted by molar-refractivity contribution is -0.116. The molecule has 0 bridgehead atoms. The van der Waals surface area contributed by atoms with E-state index in [1.165, 1.54) is 45.2 Å². The summed E-state index contributed by atoms with van der Waals surface area (Å²) < 4.78 is 29.7. The molecule has 0 aliphatic carbocycles. The maximum Gasteiger partial charge on any atom is 0.257 e. The molecule has 2 heterocycles. The van der Waals surface area contributed by atoms with Crippen molar-refractivity contribution in [1.82, 2.24) is 9.97 Å². The molecule has 1 amide bonds. The number of carbonyl (C=O) groups excluding carboxylic acids is 1. The third kappa shape index (κ3) is 4.65. The van der Waals surface area contributed by atoms with E-state index in [4.69, 9.17) is 14.2 Å². The number of carbonyl (C=O) groups is 1. The van der Waals surface area contributed by atoms with E-state index in [-0.39, 0.29) is 29.5 Å². The van der Waals surface area contributed by atoms with Crippen LogP contribution in [0, 0.1) is 5.82 Å². The zero-order valence-corrected chi connectivity index (χ0v) is 19.0. The number of H-pyrrole nitrogens is 1. The average Bonchev–Trinajstić information content (AvgIpc) is 2.81. The number of aromatic nitrogens is 2. The third-order valence-electron chi connectivity index (χ3n) is 5.31. The van der Waals surface area contributed by atoms with Gasteiger partial charge in [0.15, 0.2) is 16.7 Å². The normalized spacial score (nSPS) is 14.9. The summed E-state index contributed by atoms with van der Waals surface area (Å²) in [5.74, 6) is 0.771. The molecule has 0 unspecified atom stereocenters. The van der Waals surface area contributed by atoms with Crippen LogP contribution in [0.2, 0.25) is 0 Å². The zero-order chi connectivity index (χ0) is 23.5. The molecule has 172 valence electrons. The van der Waals surface area contributed by atoms with Crippen molar-refractivity contribution in [1.29, 1.82) is 0 Å². The lowest BCUT2D eigenvalue weighted by Crippen LogP contribution is -2.31. The number of ether oxygens (including phenoxy) is 3. The Balaban J connectivity index is 1.72. The van der Waals surface area contributed by atoms with Gasteiger partial charge in [0, 0.05) is 29.7 Å². The SMILES string of the molecule is COc1cc(OC)c([C@@H]2CC(=O)Nc3nc(SCc4cccc(F)c4)[nH]c(=O)c32)cc1OC. The lowest BCUT2D eigenvalue weighted by Gasteiger charge is -2.26. The van der Waals surface area contributed by atoms with E-state index in [1.807, 2.05) is 0 Å². The van der Waals surface area contributed by atoms with Crippen LogP contribution < -0.4 is 25.1 Å². The van der Waals surface area contributed by atoms with Crippen LogP contribution in [-0.4, -0.2) is 37.2 Å². The van der Waals surface area contributed by atoms with Gasteiger partial charge in [0.05, 0.1) is 26.9 Å². The Morgan fingerprint density at radius 3 is 2.48 bits per heavy atom. The molecule has 10 heteroatoms. The van der Waals surface area contributed by atoms with Gasteiger partial charge in [-0.25, -0.2) is 9.37 Å². The molecule has 0 saturated heterocycles. The van der Waals surface area contributed by atoms with Crippen LogP contribution >= 0.6 is 11.8 Å². The fourth-order valence-corrected chi connectivity index (χ4v) is 4.59. The van der Waals surface area contributed by atoms with Crippen LogP contribution in [0.4, 0.5) is 10.2 Å². The highest BCUT2D eigenvalue weighted by Gasteiger charge is 2.33. The Hall–Kier alpha value is -3.53. The number of amides is 1. The van der Waals surface area contributed by atoms with E-state index in [2.05, 4.69) is 15.3 Å². The van der Waals surface area contributed by atoms with Crippen LogP contribution in [0.5, 0.6) is 17.2 Å². The van der Waals surface area contributed by atoms with E-state index in [0.29, 0.717) is 39.3 Å². The maximum atomic E-state index is 13.4. The molecule has 2 aromatic carbocycles. The minimum atomic E-state index is -0.595. The van der Waals surface area contributed by atoms with Crippen LogP contribution in [-0.2, 0) is 10.5 Å². The number of anilines is 1. The maximum absolute atomic E-state index is 13.4. The smallest absolute Gasteiger partial charge is 0.257 e. The van der Waals surface area contributed by atoms with Gasteiger partial charge < -0.3 is 24.5 Å². The fraction of sp³-hybridized carbons (Fsp3) is 0.261. The molecule has 33 heavy (non-hydrogen) atoms. The molecule has 8 nitrogen and oxygen atoms in total. The zero-order valence-electron chi connectivity index (χ0n) is 18.2. The lowest BCUT2D eigenvalue weighted by atomic mass is 9.86. The molecule has 0 saturated carbocycles. The summed E-state index contributed by atoms with van der Waals surface area (Å²) >= 11 is 1.24. The first-order chi connectivity index (χ1) is 15.9. The second-order valence-corrected chi connectivity index (χ2v) is 8.27. The monoisotopic (exact) mass is 471 g/mol. The Bertz CT molecular complexity index is 1260. The summed E-state index contributed by atoms with van der Waals surface area (Å²) in [6.45, 7) is 0. The number of aromatic amines is 1. The first kappa shape index (κ1) is 22.7. The predicted octanol–water partition coefficient (Wildman–Crippen LogP) is 3.70. The van der Waals surface area contributed by atoms with Gasteiger partial charge >= 0.3 is 0 Å².